The molecule has 0 atom stereocenters. The number of morpholine rings is 1. The molecule has 2 aliphatic heterocycles. The average Bonchev–Trinajstić information content (AvgIpc) is 3.35. The zero-order valence-corrected chi connectivity index (χ0v) is 21.0. The van der Waals surface area contributed by atoms with Gasteiger partial charge in [0.1, 0.15) is 11.6 Å². The molecule has 0 aliphatic carbocycles. The molecule has 4 rings (SSSR count). The highest BCUT2D eigenvalue weighted by atomic mass is 32.1. The van der Waals surface area contributed by atoms with Crippen LogP contribution in [0.4, 0.5) is 10.4 Å². The molecule has 1 aromatic heterocycles. The first-order chi connectivity index (χ1) is 16.5. The van der Waals surface area contributed by atoms with E-state index >= 15 is 0 Å². The van der Waals surface area contributed by atoms with Crippen molar-refractivity contribution in [2.24, 2.45) is 5.92 Å². The molecule has 2 aromatic rings. The highest BCUT2D eigenvalue weighted by Gasteiger charge is 2.23. The molecule has 2 aliphatic rings. The molecule has 1 aromatic carbocycles. The van der Waals surface area contributed by atoms with E-state index in [2.05, 4.69) is 33.8 Å². The number of benzene rings is 1. The molecule has 0 amide bonds. The van der Waals surface area contributed by atoms with Crippen molar-refractivity contribution < 1.29 is 18.4 Å². The Hall–Kier alpha value is -2.26. The summed E-state index contributed by atoms with van der Waals surface area (Å²) in [6.07, 6.45) is 4.69. The summed E-state index contributed by atoms with van der Waals surface area (Å²) in [4.78, 5) is 9.55. The Bertz CT molecular complexity index is 940. The van der Waals surface area contributed by atoms with Gasteiger partial charge in [-0.1, -0.05) is 37.3 Å². The van der Waals surface area contributed by atoms with Gasteiger partial charge in [0.15, 0.2) is 5.82 Å². The molecule has 34 heavy (non-hydrogen) atoms. The smallest absolute Gasteiger partial charge is 0.324 e. The molecule has 7 nitrogen and oxygen atoms in total. The van der Waals surface area contributed by atoms with Gasteiger partial charge in [-0.15, -0.1) is 0 Å². The summed E-state index contributed by atoms with van der Waals surface area (Å²) >= 11 is 5.50. The van der Waals surface area contributed by atoms with Crippen LogP contribution in [0, 0.1) is 11.7 Å². The predicted octanol–water partition coefficient (Wildman–Crippen LogP) is 4.61. The maximum absolute atomic E-state index is 14.6. The second-order valence-corrected chi connectivity index (χ2v) is 9.91. The number of aromatic nitrogens is 2. The first-order valence-corrected chi connectivity index (χ1v) is 12.8. The minimum absolute atomic E-state index is 0.262. The van der Waals surface area contributed by atoms with E-state index < -0.39 is 0 Å². The third kappa shape index (κ3) is 6.66. The lowest BCUT2D eigenvalue weighted by Crippen LogP contribution is -2.40. The minimum Gasteiger partial charge on any atom is -0.493 e. The number of thiocarbonyl (C=S) groups is 1. The van der Waals surface area contributed by atoms with Crippen molar-refractivity contribution in [2.45, 2.75) is 51.9 Å². The molecule has 186 valence electrons. The monoisotopic (exact) mass is 490 g/mol. The average molecular weight is 491 g/mol. The fourth-order valence-electron chi connectivity index (χ4n) is 4.41. The van der Waals surface area contributed by atoms with Crippen LogP contribution < -0.4 is 9.64 Å². The number of nitrogens with zero attached hydrogens (tertiary/aromatic N) is 4. The Labute approximate surface area is 206 Å². The molecular weight excluding hydrogens is 455 g/mol. The quantitative estimate of drug-likeness (QED) is 0.373. The molecule has 0 spiro atoms. The van der Waals surface area contributed by atoms with Crippen molar-refractivity contribution in [3.63, 3.8) is 0 Å². The first kappa shape index (κ1) is 24.9. The van der Waals surface area contributed by atoms with Crippen molar-refractivity contribution in [3.05, 3.63) is 35.4 Å². The van der Waals surface area contributed by atoms with Gasteiger partial charge in [0.2, 0.25) is 0 Å². The van der Waals surface area contributed by atoms with Gasteiger partial charge in [-0.3, -0.25) is 0 Å². The molecule has 0 radical (unpaired) electrons. The zero-order valence-electron chi connectivity index (χ0n) is 20.2. The summed E-state index contributed by atoms with van der Waals surface area (Å²) in [6, 6.07) is 5.75. The molecule has 2 fully saturated rings. The lowest BCUT2D eigenvalue weighted by molar-refractivity contribution is 0.0684. The maximum atomic E-state index is 14.6. The van der Waals surface area contributed by atoms with Gasteiger partial charge >= 0.3 is 6.01 Å². The Morgan fingerprint density at radius 3 is 2.65 bits per heavy atom. The highest BCUT2D eigenvalue weighted by molar-refractivity contribution is 7.80. The maximum Gasteiger partial charge on any atom is 0.324 e. The number of rotatable bonds is 9. The number of ether oxygens (including phenoxy) is 2. The van der Waals surface area contributed by atoms with Crippen LogP contribution in [0.2, 0.25) is 0 Å². The van der Waals surface area contributed by atoms with Crippen LogP contribution in [0.3, 0.4) is 0 Å². The molecule has 0 bridgehead atoms. The van der Waals surface area contributed by atoms with Crippen LogP contribution in [0.15, 0.2) is 22.7 Å². The van der Waals surface area contributed by atoms with E-state index in [1.165, 1.54) is 6.07 Å². The van der Waals surface area contributed by atoms with Crippen LogP contribution in [0.1, 0.15) is 56.8 Å². The number of hydrogen-bond acceptors (Lipinski definition) is 7. The van der Waals surface area contributed by atoms with Gasteiger partial charge < -0.3 is 23.8 Å². The lowest BCUT2D eigenvalue weighted by Gasteiger charge is -2.30. The van der Waals surface area contributed by atoms with E-state index in [9.17, 15) is 4.39 Å². The second-order valence-electron chi connectivity index (χ2n) is 9.43. The van der Waals surface area contributed by atoms with Crippen molar-refractivity contribution >= 4 is 23.2 Å². The highest BCUT2D eigenvalue weighted by Crippen LogP contribution is 2.26. The number of hydrogen-bond donors (Lipinski definition) is 0. The van der Waals surface area contributed by atoms with Gasteiger partial charge in [0, 0.05) is 44.6 Å². The topological polar surface area (TPSA) is 63.9 Å². The van der Waals surface area contributed by atoms with Gasteiger partial charge in [0.05, 0.1) is 24.8 Å². The summed E-state index contributed by atoms with van der Waals surface area (Å²) in [5, 5.41) is 4.06. The first-order valence-electron chi connectivity index (χ1n) is 12.3. The van der Waals surface area contributed by atoms with Crippen LogP contribution >= 0.6 is 12.2 Å². The summed E-state index contributed by atoms with van der Waals surface area (Å²) in [5.41, 5.74) is 0.609. The number of anilines is 1. The van der Waals surface area contributed by atoms with Gasteiger partial charge in [-0.2, -0.15) is 4.98 Å². The third-order valence-corrected chi connectivity index (χ3v) is 6.99. The fraction of sp³-hybridized carbons (Fsp3) is 0.640. The number of halogens is 1. The van der Waals surface area contributed by atoms with E-state index in [1.807, 2.05) is 6.07 Å². The minimum atomic E-state index is -0.262. The van der Waals surface area contributed by atoms with Crippen molar-refractivity contribution in [1.82, 2.24) is 15.0 Å². The number of piperidine rings is 1. The lowest BCUT2D eigenvalue weighted by atomic mass is 9.92. The third-order valence-electron chi connectivity index (χ3n) is 6.59. The summed E-state index contributed by atoms with van der Waals surface area (Å²) in [6.45, 7) is 9.48. The normalized spacial score (nSPS) is 17.4. The van der Waals surface area contributed by atoms with Crippen LogP contribution in [0.5, 0.6) is 5.75 Å². The Morgan fingerprint density at radius 2 is 1.97 bits per heavy atom. The summed E-state index contributed by atoms with van der Waals surface area (Å²) < 4.78 is 31.2. The van der Waals surface area contributed by atoms with E-state index in [4.69, 9.17) is 26.2 Å². The largest absolute Gasteiger partial charge is 0.493 e. The summed E-state index contributed by atoms with van der Waals surface area (Å²) in [7, 11) is 0. The molecule has 9 heteroatoms. The van der Waals surface area contributed by atoms with Crippen molar-refractivity contribution in [2.75, 3.05) is 50.9 Å². The van der Waals surface area contributed by atoms with Crippen molar-refractivity contribution in [3.8, 4) is 5.75 Å². The van der Waals surface area contributed by atoms with Gasteiger partial charge in [-0.05, 0) is 43.2 Å². The van der Waals surface area contributed by atoms with E-state index in [0.29, 0.717) is 49.5 Å². The molecule has 0 N–H and O–H groups in total. The molecule has 2 saturated heterocycles. The molecule has 0 saturated carbocycles. The fourth-order valence-corrected chi connectivity index (χ4v) is 4.75. The van der Waals surface area contributed by atoms with Crippen LogP contribution in [0.25, 0.3) is 0 Å². The SMILES string of the molecule is CC(C)c1noc(N2CCC(CCCOc3ccc(CC(=S)N4CCOCC4)c(F)c3)CC2)n1. The predicted molar refractivity (Wildman–Crippen MR) is 133 cm³/mol. The van der Waals surface area contributed by atoms with Gasteiger partial charge in [0.25, 0.3) is 0 Å². The van der Waals surface area contributed by atoms with Crippen LogP contribution in [-0.2, 0) is 11.2 Å². The van der Waals surface area contributed by atoms with Crippen molar-refractivity contribution in [1.29, 1.82) is 0 Å². The summed E-state index contributed by atoms with van der Waals surface area (Å²) in [5.74, 6) is 2.01. The molecule has 3 heterocycles. The second kappa shape index (κ2) is 11.9. The Balaban J connectivity index is 1.15. The molecular formula is C25H35FN4O3S. The Kier molecular flexibility index (Phi) is 8.72. The Morgan fingerprint density at radius 1 is 1.21 bits per heavy atom. The standard InChI is InChI=1S/C25H35FN4O3S/c1-18(2)24-27-25(33-28-24)30-9-7-19(8-10-30)4-3-13-32-21-6-5-20(22(26)17-21)16-23(34)29-11-14-31-15-12-29/h5-6,17-19H,3-4,7-16H2,1-2H3. The van der Waals surface area contributed by atoms with E-state index in [1.54, 1.807) is 6.07 Å². The molecule has 0 unspecified atom stereocenters. The van der Waals surface area contributed by atoms with Gasteiger partial charge in [-0.25, -0.2) is 4.39 Å². The van der Waals surface area contributed by atoms with E-state index in [0.717, 1.165) is 62.7 Å². The van der Waals surface area contributed by atoms with E-state index in [-0.39, 0.29) is 11.7 Å². The van der Waals surface area contributed by atoms with Crippen LogP contribution in [-0.4, -0.2) is 66.0 Å². The zero-order chi connectivity index (χ0) is 23.9.